The van der Waals surface area contributed by atoms with E-state index < -0.39 is 0 Å². The maximum atomic E-state index is 4.35. The summed E-state index contributed by atoms with van der Waals surface area (Å²) in [7, 11) is 0. The smallest absolute Gasteiger partial charge is 0.0703 e. The molecule has 0 aliphatic rings. The van der Waals surface area contributed by atoms with Crippen LogP contribution < -0.4 is 0 Å². The molecule has 0 fully saturated rings. The summed E-state index contributed by atoms with van der Waals surface area (Å²) in [4.78, 5) is 0. The molecule has 14 heavy (non-hydrogen) atoms. The van der Waals surface area contributed by atoms with E-state index in [0.717, 1.165) is 11.9 Å². The second-order valence-corrected chi connectivity index (χ2v) is 4.32. The summed E-state index contributed by atoms with van der Waals surface area (Å²) in [6, 6.07) is 6.41. The minimum absolute atomic E-state index is 0.655. The van der Waals surface area contributed by atoms with Crippen LogP contribution in [0.2, 0.25) is 0 Å². The molecule has 2 aromatic rings. The molecule has 0 aliphatic carbocycles. The lowest BCUT2D eigenvalue weighted by atomic mass is 10.0. The molecule has 1 aromatic heterocycles. The standard InChI is InChI=1S/C12H16N2/c1-8(2)6-12-10-7-9(3)4-5-11(10)13-14-12/h4-5,7-8H,6H2,1-3H3,(H,13,14). The lowest BCUT2D eigenvalue weighted by Gasteiger charge is -2.01. The molecule has 2 heteroatoms. The number of rotatable bonds is 2. The fourth-order valence-electron chi connectivity index (χ4n) is 1.72. The van der Waals surface area contributed by atoms with Gasteiger partial charge in [-0.1, -0.05) is 25.5 Å². The fraction of sp³-hybridized carbons (Fsp3) is 0.417. The topological polar surface area (TPSA) is 28.7 Å². The molecule has 1 heterocycles. The summed E-state index contributed by atoms with van der Waals surface area (Å²) >= 11 is 0. The predicted molar refractivity (Wildman–Crippen MR) is 59.4 cm³/mol. The Hall–Kier alpha value is -1.31. The minimum Gasteiger partial charge on any atom is -0.278 e. The van der Waals surface area contributed by atoms with Gasteiger partial charge in [0.05, 0.1) is 11.2 Å². The second-order valence-electron chi connectivity index (χ2n) is 4.32. The van der Waals surface area contributed by atoms with Gasteiger partial charge < -0.3 is 0 Å². The average molecular weight is 188 g/mol. The van der Waals surface area contributed by atoms with Crippen molar-refractivity contribution in [2.24, 2.45) is 5.92 Å². The van der Waals surface area contributed by atoms with E-state index in [2.05, 4.69) is 49.2 Å². The highest BCUT2D eigenvalue weighted by Gasteiger charge is 2.06. The van der Waals surface area contributed by atoms with Crippen LogP contribution in [0.15, 0.2) is 18.2 Å². The highest BCUT2D eigenvalue weighted by molar-refractivity contribution is 5.81. The Labute approximate surface area is 84.3 Å². The number of aryl methyl sites for hydroxylation is 1. The van der Waals surface area contributed by atoms with Crippen LogP contribution in [0.25, 0.3) is 10.9 Å². The van der Waals surface area contributed by atoms with Gasteiger partial charge >= 0.3 is 0 Å². The van der Waals surface area contributed by atoms with Gasteiger partial charge in [-0.2, -0.15) is 5.10 Å². The number of benzene rings is 1. The number of fused-ring (bicyclic) bond motifs is 1. The van der Waals surface area contributed by atoms with E-state index in [0.29, 0.717) is 5.92 Å². The zero-order valence-electron chi connectivity index (χ0n) is 8.96. The van der Waals surface area contributed by atoms with Crippen molar-refractivity contribution in [1.82, 2.24) is 10.2 Å². The first-order valence-electron chi connectivity index (χ1n) is 5.10. The number of nitrogens with zero attached hydrogens (tertiary/aromatic N) is 1. The summed E-state index contributed by atoms with van der Waals surface area (Å²) in [5, 5.41) is 8.70. The Morgan fingerprint density at radius 2 is 2.14 bits per heavy atom. The summed E-state index contributed by atoms with van der Waals surface area (Å²) in [5.41, 5.74) is 3.63. The normalized spacial score (nSPS) is 11.4. The molecule has 0 bridgehead atoms. The van der Waals surface area contributed by atoms with Crippen molar-refractivity contribution >= 4 is 10.9 Å². The van der Waals surface area contributed by atoms with Crippen LogP contribution in [0.5, 0.6) is 0 Å². The SMILES string of the molecule is Cc1ccc2[nH]nc(CC(C)C)c2c1. The Bertz CT molecular complexity index is 441. The van der Waals surface area contributed by atoms with Crippen molar-refractivity contribution in [3.8, 4) is 0 Å². The molecule has 1 aromatic carbocycles. The van der Waals surface area contributed by atoms with Crippen molar-refractivity contribution in [3.05, 3.63) is 29.5 Å². The fourth-order valence-corrected chi connectivity index (χ4v) is 1.72. The van der Waals surface area contributed by atoms with E-state index in [-0.39, 0.29) is 0 Å². The Balaban J connectivity index is 2.50. The first-order chi connectivity index (χ1) is 6.66. The number of aromatic amines is 1. The zero-order chi connectivity index (χ0) is 10.1. The number of hydrogen-bond donors (Lipinski definition) is 1. The van der Waals surface area contributed by atoms with Gasteiger partial charge in [-0.3, -0.25) is 5.10 Å². The number of hydrogen-bond acceptors (Lipinski definition) is 1. The van der Waals surface area contributed by atoms with Gasteiger partial charge in [-0.15, -0.1) is 0 Å². The summed E-state index contributed by atoms with van der Waals surface area (Å²) in [6.45, 7) is 6.55. The maximum Gasteiger partial charge on any atom is 0.0703 e. The first-order valence-corrected chi connectivity index (χ1v) is 5.10. The van der Waals surface area contributed by atoms with Gasteiger partial charge in [0, 0.05) is 5.39 Å². The summed E-state index contributed by atoms with van der Waals surface area (Å²) < 4.78 is 0. The molecule has 0 saturated heterocycles. The summed E-state index contributed by atoms with van der Waals surface area (Å²) in [6.07, 6.45) is 1.05. The van der Waals surface area contributed by atoms with Gasteiger partial charge in [0.2, 0.25) is 0 Å². The van der Waals surface area contributed by atoms with Crippen LogP contribution in [0.3, 0.4) is 0 Å². The third kappa shape index (κ3) is 1.65. The van der Waals surface area contributed by atoms with E-state index in [1.165, 1.54) is 16.6 Å². The van der Waals surface area contributed by atoms with Crippen molar-refractivity contribution in [2.75, 3.05) is 0 Å². The molecule has 0 radical (unpaired) electrons. The highest BCUT2D eigenvalue weighted by Crippen LogP contribution is 2.19. The largest absolute Gasteiger partial charge is 0.278 e. The van der Waals surface area contributed by atoms with Gasteiger partial charge in [0.15, 0.2) is 0 Å². The van der Waals surface area contributed by atoms with Crippen LogP contribution >= 0.6 is 0 Å². The zero-order valence-corrected chi connectivity index (χ0v) is 8.96. The number of nitrogens with one attached hydrogen (secondary N) is 1. The average Bonchev–Trinajstić information content (AvgIpc) is 2.47. The van der Waals surface area contributed by atoms with Gasteiger partial charge in [-0.05, 0) is 31.4 Å². The van der Waals surface area contributed by atoms with Crippen LogP contribution in [-0.2, 0) is 6.42 Å². The molecule has 1 N–H and O–H groups in total. The molecule has 0 spiro atoms. The molecule has 0 amide bonds. The molecule has 0 saturated carbocycles. The Kier molecular flexibility index (Phi) is 2.28. The Morgan fingerprint density at radius 1 is 1.36 bits per heavy atom. The van der Waals surface area contributed by atoms with Crippen molar-refractivity contribution in [1.29, 1.82) is 0 Å². The van der Waals surface area contributed by atoms with Crippen molar-refractivity contribution < 1.29 is 0 Å². The Morgan fingerprint density at radius 3 is 2.86 bits per heavy atom. The monoisotopic (exact) mass is 188 g/mol. The predicted octanol–water partition coefficient (Wildman–Crippen LogP) is 3.07. The van der Waals surface area contributed by atoms with Crippen LogP contribution in [0.4, 0.5) is 0 Å². The van der Waals surface area contributed by atoms with Gasteiger partial charge in [0.1, 0.15) is 0 Å². The molecular weight excluding hydrogens is 172 g/mol. The van der Waals surface area contributed by atoms with Crippen LogP contribution in [0.1, 0.15) is 25.1 Å². The molecule has 0 atom stereocenters. The van der Waals surface area contributed by atoms with E-state index >= 15 is 0 Å². The first kappa shape index (κ1) is 9.25. The molecule has 0 unspecified atom stereocenters. The second kappa shape index (κ2) is 3.45. The molecule has 2 nitrogen and oxygen atoms in total. The van der Waals surface area contributed by atoms with E-state index in [1.54, 1.807) is 0 Å². The molecule has 0 aliphatic heterocycles. The lowest BCUT2D eigenvalue weighted by Crippen LogP contribution is -1.94. The third-order valence-corrected chi connectivity index (χ3v) is 2.40. The van der Waals surface area contributed by atoms with Crippen molar-refractivity contribution in [3.63, 3.8) is 0 Å². The van der Waals surface area contributed by atoms with E-state index in [9.17, 15) is 0 Å². The molecular formula is C12H16N2. The van der Waals surface area contributed by atoms with Gasteiger partial charge in [0.25, 0.3) is 0 Å². The minimum atomic E-state index is 0.655. The van der Waals surface area contributed by atoms with Crippen LogP contribution in [0, 0.1) is 12.8 Å². The third-order valence-electron chi connectivity index (χ3n) is 2.40. The summed E-state index contributed by atoms with van der Waals surface area (Å²) in [5.74, 6) is 0.655. The quantitative estimate of drug-likeness (QED) is 0.770. The highest BCUT2D eigenvalue weighted by atomic mass is 15.1. The number of aromatic nitrogens is 2. The van der Waals surface area contributed by atoms with E-state index in [4.69, 9.17) is 0 Å². The molecule has 74 valence electrons. The number of H-pyrrole nitrogens is 1. The van der Waals surface area contributed by atoms with Crippen molar-refractivity contribution in [2.45, 2.75) is 27.2 Å². The van der Waals surface area contributed by atoms with Crippen LogP contribution in [-0.4, -0.2) is 10.2 Å². The molecule has 2 rings (SSSR count). The van der Waals surface area contributed by atoms with Gasteiger partial charge in [-0.25, -0.2) is 0 Å². The maximum absolute atomic E-state index is 4.35. The van der Waals surface area contributed by atoms with E-state index in [1.807, 2.05) is 0 Å². The lowest BCUT2D eigenvalue weighted by molar-refractivity contribution is 0.636.